The van der Waals surface area contributed by atoms with Gasteiger partial charge in [0.15, 0.2) is 0 Å². The predicted octanol–water partition coefficient (Wildman–Crippen LogP) is 3.07. The molecule has 0 atom stereocenters. The summed E-state index contributed by atoms with van der Waals surface area (Å²) in [4.78, 5) is 4.45. The number of thioether (sulfide) groups is 1. The average Bonchev–Trinajstić information content (AvgIpc) is 2.63. The molecule has 2 aromatic rings. The second-order valence-electron chi connectivity index (χ2n) is 4.26. The predicted molar refractivity (Wildman–Crippen MR) is 76.5 cm³/mol. The third-order valence-corrected chi connectivity index (χ3v) is 3.69. The highest BCUT2D eigenvalue weighted by Gasteiger charge is 2.08. The molecule has 0 spiro atoms. The number of benzene rings is 1. The maximum atomic E-state index is 5.98. The quantitative estimate of drug-likeness (QED) is 0.828. The van der Waals surface area contributed by atoms with Gasteiger partial charge in [-0.3, -0.25) is 0 Å². The van der Waals surface area contributed by atoms with E-state index in [2.05, 4.69) is 40.9 Å². The van der Waals surface area contributed by atoms with Gasteiger partial charge in [0.1, 0.15) is 0 Å². The Kier molecular flexibility index (Phi) is 3.94. The first-order valence-corrected chi connectivity index (χ1v) is 7.33. The number of rotatable bonds is 5. The van der Waals surface area contributed by atoms with E-state index in [0.717, 1.165) is 24.0 Å². The summed E-state index contributed by atoms with van der Waals surface area (Å²) in [7, 11) is 0. The summed E-state index contributed by atoms with van der Waals surface area (Å²) in [5.74, 6) is 1.85. The van der Waals surface area contributed by atoms with Gasteiger partial charge in [-0.1, -0.05) is 12.1 Å². The maximum Gasteiger partial charge on any atom is 0.201 e. The van der Waals surface area contributed by atoms with E-state index < -0.39 is 0 Å². The van der Waals surface area contributed by atoms with Gasteiger partial charge < -0.3 is 10.3 Å². The van der Waals surface area contributed by atoms with Crippen LogP contribution < -0.4 is 5.73 Å². The molecule has 0 aliphatic rings. The van der Waals surface area contributed by atoms with Crippen LogP contribution in [0.1, 0.15) is 18.4 Å². The number of hydrogen-bond donors (Lipinski definition) is 1. The lowest BCUT2D eigenvalue weighted by Gasteiger charge is -2.06. The summed E-state index contributed by atoms with van der Waals surface area (Å²) >= 11 is 1.89. The molecular weight excluding hydrogens is 230 g/mol. The van der Waals surface area contributed by atoms with Crippen molar-refractivity contribution in [3.63, 3.8) is 0 Å². The molecule has 3 nitrogen and oxygen atoms in total. The van der Waals surface area contributed by atoms with Crippen molar-refractivity contribution >= 4 is 28.7 Å². The van der Waals surface area contributed by atoms with E-state index in [9.17, 15) is 0 Å². The maximum absolute atomic E-state index is 5.98. The Hall–Kier alpha value is -1.16. The van der Waals surface area contributed by atoms with Crippen LogP contribution in [0, 0.1) is 6.92 Å². The van der Waals surface area contributed by atoms with Crippen LogP contribution in [0.4, 0.5) is 5.95 Å². The molecule has 0 aliphatic carbocycles. The van der Waals surface area contributed by atoms with Crippen LogP contribution in [0.15, 0.2) is 18.2 Å². The lowest BCUT2D eigenvalue weighted by Crippen LogP contribution is -2.03. The SMILES string of the molecule is CSCCCCn1c(N)nc2c(C)cccc21. The smallest absolute Gasteiger partial charge is 0.201 e. The molecule has 2 rings (SSSR count). The van der Waals surface area contributed by atoms with Crippen LogP contribution in [0.25, 0.3) is 11.0 Å². The van der Waals surface area contributed by atoms with Gasteiger partial charge >= 0.3 is 0 Å². The molecule has 1 heterocycles. The first-order chi connectivity index (χ1) is 8.24. The third-order valence-electron chi connectivity index (χ3n) is 2.99. The molecule has 0 saturated carbocycles. The largest absolute Gasteiger partial charge is 0.369 e. The van der Waals surface area contributed by atoms with Gasteiger partial charge in [0, 0.05) is 6.54 Å². The van der Waals surface area contributed by atoms with Crippen molar-refractivity contribution in [1.29, 1.82) is 0 Å². The number of para-hydroxylation sites is 1. The minimum Gasteiger partial charge on any atom is -0.369 e. The number of fused-ring (bicyclic) bond motifs is 1. The van der Waals surface area contributed by atoms with Gasteiger partial charge in [0.2, 0.25) is 5.95 Å². The summed E-state index contributed by atoms with van der Waals surface area (Å²) in [6, 6.07) is 6.24. The number of nitrogen functional groups attached to an aromatic ring is 1. The zero-order valence-electron chi connectivity index (χ0n) is 10.4. The molecule has 17 heavy (non-hydrogen) atoms. The van der Waals surface area contributed by atoms with Gasteiger partial charge in [-0.15, -0.1) is 0 Å². The van der Waals surface area contributed by atoms with Gasteiger partial charge in [0.05, 0.1) is 11.0 Å². The zero-order valence-corrected chi connectivity index (χ0v) is 11.3. The van der Waals surface area contributed by atoms with Crippen LogP contribution in [-0.4, -0.2) is 21.6 Å². The number of nitrogens with two attached hydrogens (primary N) is 1. The van der Waals surface area contributed by atoms with Crippen molar-refractivity contribution in [1.82, 2.24) is 9.55 Å². The van der Waals surface area contributed by atoms with Gasteiger partial charge in [-0.2, -0.15) is 11.8 Å². The minimum absolute atomic E-state index is 0.637. The molecule has 92 valence electrons. The molecule has 0 unspecified atom stereocenters. The number of unbranched alkanes of at least 4 members (excludes halogenated alkanes) is 1. The summed E-state index contributed by atoms with van der Waals surface area (Å²) in [6.07, 6.45) is 4.53. The van der Waals surface area contributed by atoms with Crippen molar-refractivity contribution in [3.05, 3.63) is 23.8 Å². The van der Waals surface area contributed by atoms with E-state index in [1.807, 2.05) is 11.8 Å². The Morgan fingerprint density at radius 1 is 1.35 bits per heavy atom. The molecule has 0 bridgehead atoms. The highest BCUT2D eigenvalue weighted by molar-refractivity contribution is 7.98. The van der Waals surface area contributed by atoms with Gasteiger partial charge in [0.25, 0.3) is 0 Å². The summed E-state index contributed by atoms with van der Waals surface area (Å²) in [5.41, 5.74) is 9.37. The van der Waals surface area contributed by atoms with Crippen molar-refractivity contribution in [2.75, 3.05) is 17.7 Å². The molecule has 1 aromatic heterocycles. The zero-order chi connectivity index (χ0) is 12.3. The molecule has 0 aliphatic heterocycles. The topological polar surface area (TPSA) is 43.8 Å². The number of imidazole rings is 1. The number of nitrogens with zero attached hydrogens (tertiary/aromatic N) is 2. The van der Waals surface area contributed by atoms with Crippen LogP contribution in [0.3, 0.4) is 0 Å². The fraction of sp³-hybridized carbons (Fsp3) is 0.462. The summed E-state index contributed by atoms with van der Waals surface area (Å²) < 4.78 is 2.13. The second-order valence-corrected chi connectivity index (χ2v) is 5.25. The molecule has 0 fully saturated rings. The first-order valence-electron chi connectivity index (χ1n) is 5.94. The standard InChI is InChI=1S/C13H19N3S/c1-10-6-5-7-11-12(10)15-13(14)16(11)8-3-4-9-17-2/h5-7H,3-4,8-9H2,1-2H3,(H2,14,15). The van der Waals surface area contributed by atoms with E-state index in [1.165, 1.54) is 17.7 Å². The van der Waals surface area contributed by atoms with E-state index in [-0.39, 0.29) is 0 Å². The van der Waals surface area contributed by atoms with E-state index in [1.54, 1.807) is 0 Å². The van der Waals surface area contributed by atoms with Gasteiger partial charge in [-0.25, -0.2) is 4.98 Å². The normalized spacial score (nSPS) is 11.2. The fourth-order valence-corrected chi connectivity index (χ4v) is 2.55. The van der Waals surface area contributed by atoms with Crippen LogP contribution in [0.5, 0.6) is 0 Å². The van der Waals surface area contributed by atoms with Crippen molar-refractivity contribution in [2.24, 2.45) is 0 Å². The molecule has 0 radical (unpaired) electrons. The minimum atomic E-state index is 0.637. The highest BCUT2D eigenvalue weighted by atomic mass is 32.2. The number of anilines is 1. The molecule has 1 aromatic carbocycles. The highest BCUT2D eigenvalue weighted by Crippen LogP contribution is 2.21. The molecule has 0 saturated heterocycles. The Bertz CT molecular complexity index is 505. The molecule has 2 N–H and O–H groups in total. The first kappa shape index (κ1) is 12.3. The van der Waals surface area contributed by atoms with Crippen LogP contribution in [-0.2, 0) is 6.54 Å². The molecule has 4 heteroatoms. The third kappa shape index (κ3) is 2.57. The Labute approximate surface area is 106 Å². The van der Waals surface area contributed by atoms with Crippen molar-refractivity contribution in [2.45, 2.75) is 26.3 Å². The Balaban J connectivity index is 2.21. The fourth-order valence-electron chi connectivity index (χ4n) is 2.06. The van der Waals surface area contributed by atoms with E-state index in [4.69, 9.17) is 5.73 Å². The molecular formula is C13H19N3S. The summed E-state index contributed by atoms with van der Waals surface area (Å²) in [5, 5.41) is 0. The van der Waals surface area contributed by atoms with E-state index >= 15 is 0 Å². The molecule has 0 amide bonds. The monoisotopic (exact) mass is 249 g/mol. The van der Waals surface area contributed by atoms with E-state index in [0.29, 0.717) is 5.95 Å². The Morgan fingerprint density at radius 2 is 2.18 bits per heavy atom. The average molecular weight is 249 g/mol. The number of aromatic nitrogens is 2. The summed E-state index contributed by atoms with van der Waals surface area (Å²) in [6.45, 7) is 3.04. The number of hydrogen-bond acceptors (Lipinski definition) is 3. The lowest BCUT2D eigenvalue weighted by atomic mass is 10.2. The van der Waals surface area contributed by atoms with Crippen molar-refractivity contribution < 1.29 is 0 Å². The number of aryl methyl sites for hydroxylation is 2. The Morgan fingerprint density at radius 3 is 2.94 bits per heavy atom. The second kappa shape index (κ2) is 5.45. The van der Waals surface area contributed by atoms with Crippen LogP contribution >= 0.6 is 11.8 Å². The van der Waals surface area contributed by atoms with Gasteiger partial charge in [-0.05, 0) is 43.4 Å². The lowest BCUT2D eigenvalue weighted by molar-refractivity contribution is 0.656. The van der Waals surface area contributed by atoms with Crippen molar-refractivity contribution in [3.8, 4) is 0 Å². The van der Waals surface area contributed by atoms with Crippen LogP contribution in [0.2, 0.25) is 0 Å².